The minimum Gasteiger partial charge on any atom is -0.508 e. The lowest BCUT2D eigenvalue weighted by molar-refractivity contribution is 0.301. The molecular formula is C14H20ClNOS. The fourth-order valence-corrected chi connectivity index (χ4v) is 3.82. The van der Waals surface area contributed by atoms with Crippen LogP contribution in [0.15, 0.2) is 23.1 Å². The van der Waals surface area contributed by atoms with Crippen LogP contribution in [0.4, 0.5) is 0 Å². The number of phenols is 1. The van der Waals surface area contributed by atoms with Crippen molar-refractivity contribution in [2.45, 2.75) is 36.3 Å². The van der Waals surface area contributed by atoms with E-state index >= 15 is 0 Å². The molecule has 0 saturated carbocycles. The summed E-state index contributed by atoms with van der Waals surface area (Å²) in [6, 6.07) is 5.26. The Kier molecular flexibility index (Phi) is 5.22. The van der Waals surface area contributed by atoms with E-state index in [-0.39, 0.29) is 5.75 Å². The number of likely N-dealkylation sites (tertiary alicyclic amines) is 1. The molecule has 0 unspecified atom stereocenters. The van der Waals surface area contributed by atoms with E-state index < -0.39 is 0 Å². The summed E-state index contributed by atoms with van der Waals surface area (Å²) in [5, 5.41) is 10.7. The molecule has 1 heterocycles. The number of hydrogen-bond donors (Lipinski definition) is 1. The van der Waals surface area contributed by atoms with E-state index in [1.165, 1.54) is 32.4 Å². The predicted octanol–water partition coefficient (Wildman–Crippen LogP) is 4.01. The quantitative estimate of drug-likeness (QED) is 0.908. The van der Waals surface area contributed by atoms with E-state index in [1.807, 2.05) is 17.8 Å². The van der Waals surface area contributed by atoms with Gasteiger partial charge >= 0.3 is 0 Å². The summed E-state index contributed by atoms with van der Waals surface area (Å²) in [6.45, 7) is 5.78. The SMILES string of the molecule is CCN1CCC[C@@H](Sc2ccc(O)cc2Cl)CC1. The summed E-state index contributed by atoms with van der Waals surface area (Å²) in [7, 11) is 0. The van der Waals surface area contributed by atoms with E-state index in [1.54, 1.807) is 12.1 Å². The molecule has 1 aliphatic rings. The third-order valence-corrected chi connectivity index (χ3v) is 5.26. The summed E-state index contributed by atoms with van der Waals surface area (Å²) >= 11 is 8.01. The van der Waals surface area contributed by atoms with Gasteiger partial charge in [-0.3, -0.25) is 0 Å². The molecule has 1 atom stereocenters. The molecule has 0 aromatic heterocycles. The molecule has 1 aromatic rings. The molecular weight excluding hydrogens is 266 g/mol. The second-order valence-electron chi connectivity index (χ2n) is 4.72. The van der Waals surface area contributed by atoms with Crippen LogP contribution in [-0.2, 0) is 0 Å². The molecule has 1 saturated heterocycles. The first-order valence-electron chi connectivity index (χ1n) is 6.56. The first-order chi connectivity index (χ1) is 8.69. The molecule has 0 spiro atoms. The van der Waals surface area contributed by atoms with Crippen molar-refractivity contribution in [3.63, 3.8) is 0 Å². The third kappa shape index (κ3) is 3.81. The maximum atomic E-state index is 9.35. The van der Waals surface area contributed by atoms with Gasteiger partial charge in [0.25, 0.3) is 0 Å². The minimum atomic E-state index is 0.238. The zero-order valence-electron chi connectivity index (χ0n) is 10.7. The van der Waals surface area contributed by atoms with Crippen molar-refractivity contribution in [3.05, 3.63) is 23.2 Å². The zero-order chi connectivity index (χ0) is 13.0. The Morgan fingerprint density at radius 1 is 1.39 bits per heavy atom. The maximum Gasteiger partial charge on any atom is 0.117 e. The third-order valence-electron chi connectivity index (χ3n) is 3.42. The molecule has 2 rings (SSSR count). The topological polar surface area (TPSA) is 23.5 Å². The molecule has 1 aromatic carbocycles. The average Bonchev–Trinajstić information content (AvgIpc) is 2.58. The summed E-state index contributed by atoms with van der Waals surface area (Å²) in [6.07, 6.45) is 3.73. The van der Waals surface area contributed by atoms with Gasteiger partial charge in [0, 0.05) is 10.1 Å². The van der Waals surface area contributed by atoms with Crippen molar-refractivity contribution < 1.29 is 5.11 Å². The highest BCUT2D eigenvalue weighted by atomic mass is 35.5. The van der Waals surface area contributed by atoms with Gasteiger partial charge in [0.15, 0.2) is 0 Å². The van der Waals surface area contributed by atoms with Gasteiger partial charge in [0.05, 0.1) is 5.02 Å². The molecule has 0 bridgehead atoms. The Hall–Kier alpha value is -0.380. The Bertz CT molecular complexity index is 399. The molecule has 1 N–H and O–H groups in total. The highest BCUT2D eigenvalue weighted by Gasteiger charge is 2.18. The molecule has 18 heavy (non-hydrogen) atoms. The van der Waals surface area contributed by atoms with Crippen molar-refractivity contribution in [1.29, 1.82) is 0 Å². The van der Waals surface area contributed by atoms with Crippen molar-refractivity contribution in [2.75, 3.05) is 19.6 Å². The molecule has 2 nitrogen and oxygen atoms in total. The highest BCUT2D eigenvalue weighted by molar-refractivity contribution is 8.00. The van der Waals surface area contributed by atoms with Crippen molar-refractivity contribution in [1.82, 2.24) is 4.90 Å². The van der Waals surface area contributed by atoms with Crippen molar-refractivity contribution >= 4 is 23.4 Å². The number of halogens is 1. The molecule has 0 aliphatic carbocycles. The lowest BCUT2D eigenvalue weighted by Crippen LogP contribution is -2.24. The number of nitrogens with zero attached hydrogens (tertiary/aromatic N) is 1. The molecule has 0 radical (unpaired) electrons. The lowest BCUT2D eigenvalue weighted by Gasteiger charge is -2.17. The van der Waals surface area contributed by atoms with Crippen LogP contribution < -0.4 is 0 Å². The average molecular weight is 286 g/mol. The monoisotopic (exact) mass is 285 g/mol. The van der Waals surface area contributed by atoms with Crippen LogP contribution in [0.25, 0.3) is 0 Å². The summed E-state index contributed by atoms with van der Waals surface area (Å²) in [4.78, 5) is 3.60. The number of benzene rings is 1. The standard InChI is InChI=1S/C14H20ClNOS/c1-2-16-8-3-4-12(7-9-16)18-14-6-5-11(17)10-13(14)15/h5-6,10,12,17H,2-4,7-9H2,1H3/t12-/m1/s1. The molecule has 100 valence electrons. The smallest absolute Gasteiger partial charge is 0.117 e. The van der Waals surface area contributed by atoms with Crippen LogP contribution in [0, 0.1) is 0 Å². The minimum absolute atomic E-state index is 0.238. The van der Waals surface area contributed by atoms with E-state index in [4.69, 9.17) is 11.6 Å². The number of aromatic hydroxyl groups is 1. The second-order valence-corrected chi connectivity index (χ2v) is 6.47. The second kappa shape index (κ2) is 6.69. The number of thioether (sulfide) groups is 1. The molecule has 0 amide bonds. The summed E-state index contributed by atoms with van der Waals surface area (Å²) in [5.74, 6) is 0.238. The van der Waals surface area contributed by atoms with Gasteiger partial charge in [-0.1, -0.05) is 18.5 Å². The van der Waals surface area contributed by atoms with Gasteiger partial charge in [-0.25, -0.2) is 0 Å². The largest absolute Gasteiger partial charge is 0.508 e. The maximum absolute atomic E-state index is 9.35. The Morgan fingerprint density at radius 2 is 2.22 bits per heavy atom. The van der Waals surface area contributed by atoms with Crippen molar-refractivity contribution in [2.24, 2.45) is 0 Å². The fraction of sp³-hybridized carbons (Fsp3) is 0.571. The highest BCUT2D eigenvalue weighted by Crippen LogP contribution is 2.36. The van der Waals surface area contributed by atoms with Crippen LogP contribution in [0.2, 0.25) is 5.02 Å². The normalized spacial score (nSPS) is 21.8. The zero-order valence-corrected chi connectivity index (χ0v) is 12.3. The number of rotatable bonds is 3. The van der Waals surface area contributed by atoms with Crippen LogP contribution >= 0.6 is 23.4 Å². The van der Waals surface area contributed by atoms with E-state index in [2.05, 4.69) is 11.8 Å². The Balaban J connectivity index is 1.96. The number of hydrogen-bond acceptors (Lipinski definition) is 3. The summed E-state index contributed by atoms with van der Waals surface area (Å²) in [5.41, 5.74) is 0. The Labute approximate surface area is 118 Å². The van der Waals surface area contributed by atoms with Gasteiger partial charge in [0.1, 0.15) is 5.75 Å². The molecule has 4 heteroatoms. The van der Waals surface area contributed by atoms with Gasteiger partial charge in [-0.05, 0) is 57.1 Å². The van der Waals surface area contributed by atoms with Crippen LogP contribution in [-0.4, -0.2) is 34.9 Å². The molecule has 1 aliphatic heterocycles. The number of phenolic OH excluding ortho intramolecular Hbond substituents is 1. The van der Waals surface area contributed by atoms with Gasteiger partial charge in [0.2, 0.25) is 0 Å². The Morgan fingerprint density at radius 3 is 2.94 bits per heavy atom. The van der Waals surface area contributed by atoms with Crippen LogP contribution in [0.5, 0.6) is 5.75 Å². The van der Waals surface area contributed by atoms with Gasteiger partial charge < -0.3 is 10.0 Å². The molecule has 1 fully saturated rings. The van der Waals surface area contributed by atoms with Gasteiger partial charge in [-0.2, -0.15) is 0 Å². The fourth-order valence-electron chi connectivity index (χ4n) is 2.32. The summed E-state index contributed by atoms with van der Waals surface area (Å²) < 4.78 is 0. The van der Waals surface area contributed by atoms with Crippen LogP contribution in [0.1, 0.15) is 26.2 Å². The van der Waals surface area contributed by atoms with E-state index in [0.29, 0.717) is 10.3 Å². The van der Waals surface area contributed by atoms with Crippen molar-refractivity contribution in [3.8, 4) is 5.75 Å². The van der Waals surface area contributed by atoms with Gasteiger partial charge in [-0.15, -0.1) is 11.8 Å². The first kappa shape index (κ1) is 14.0. The predicted molar refractivity (Wildman–Crippen MR) is 78.7 cm³/mol. The van der Waals surface area contributed by atoms with E-state index in [0.717, 1.165) is 11.4 Å². The first-order valence-corrected chi connectivity index (χ1v) is 7.82. The lowest BCUT2D eigenvalue weighted by atomic mass is 10.2. The van der Waals surface area contributed by atoms with Crippen LogP contribution in [0.3, 0.4) is 0 Å². The van der Waals surface area contributed by atoms with E-state index in [9.17, 15) is 5.11 Å².